The van der Waals surface area contributed by atoms with Gasteiger partial charge in [0, 0.05) is 21.2 Å². The lowest BCUT2D eigenvalue weighted by Crippen LogP contribution is -2.12. The zero-order chi connectivity index (χ0) is 28.7. The summed E-state index contributed by atoms with van der Waals surface area (Å²) in [7, 11) is -3.94. The van der Waals surface area contributed by atoms with Crippen LogP contribution in [0.4, 0.5) is 11.9 Å². The number of imidazole rings is 2. The average Bonchev–Trinajstić information content (AvgIpc) is 3.55. The molecule has 0 aliphatic carbocycles. The number of sulfone groups is 1. The molecule has 0 aliphatic rings. The smallest absolute Gasteiger partial charge is 0.257 e. The number of nitrogens with zero attached hydrogens (tertiary/aromatic N) is 2. The van der Waals surface area contributed by atoms with E-state index >= 15 is 0 Å². The van der Waals surface area contributed by atoms with Gasteiger partial charge in [0.1, 0.15) is 0 Å². The van der Waals surface area contributed by atoms with Crippen molar-refractivity contribution in [3.63, 3.8) is 0 Å². The normalized spacial score (nSPS) is 11.6. The Bertz CT molecular complexity index is 1930. The van der Waals surface area contributed by atoms with Gasteiger partial charge in [-0.3, -0.25) is 20.2 Å². The molecule has 0 saturated carbocycles. The Balaban J connectivity index is 1.23. The molecule has 6 rings (SSSR count). The predicted octanol–water partition coefficient (Wildman–Crippen LogP) is 6.08. The Morgan fingerprint density at radius 1 is 0.610 bits per heavy atom. The predicted molar refractivity (Wildman–Crippen MR) is 156 cm³/mol. The molecular formula is C28H18Cl2N6O4S. The number of carbonyl (C=O) groups is 2. The van der Waals surface area contributed by atoms with Gasteiger partial charge in [0.05, 0.1) is 31.9 Å². The van der Waals surface area contributed by atoms with Gasteiger partial charge in [0.2, 0.25) is 21.7 Å². The third-order valence-electron chi connectivity index (χ3n) is 6.20. The lowest BCUT2D eigenvalue weighted by atomic mass is 10.2. The Hall–Kier alpha value is -4.71. The van der Waals surface area contributed by atoms with Crippen LogP contribution in [0.25, 0.3) is 22.1 Å². The number of hydrogen-bond donors (Lipinski definition) is 4. The fourth-order valence-electron chi connectivity index (χ4n) is 4.13. The van der Waals surface area contributed by atoms with E-state index in [2.05, 4.69) is 30.6 Å². The van der Waals surface area contributed by atoms with Crippen LogP contribution < -0.4 is 10.6 Å². The van der Waals surface area contributed by atoms with E-state index in [4.69, 9.17) is 23.2 Å². The molecule has 4 N–H and O–H groups in total. The van der Waals surface area contributed by atoms with Crippen molar-refractivity contribution in [1.29, 1.82) is 0 Å². The van der Waals surface area contributed by atoms with Crippen molar-refractivity contribution in [1.82, 2.24) is 19.9 Å². The molecule has 0 atom stereocenters. The molecule has 0 unspecified atom stereocenters. The number of halogens is 2. The summed E-state index contributed by atoms with van der Waals surface area (Å²) in [5, 5.41) is 6.33. The first-order chi connectivity index (χ1) is 19.7. The van der Waals surface area contributed by atoms with Crippen molar-refractivity contribution in [2.45, 2.75) is 9.79 Å². The minimum atomic E-state index is -3.94. The number of anilines is 2. The van der Waals surface area contributed by atoms with E-state index in [1.807, 2.05) is 0 Å². The summed E-state index contributed by atoms with van der Waals surface area (Å²) >= 11 is 11.8. The maximum absolute atomic E-state index is 13.5. The van der Waals surface area contributed by atoms with Gasteiger partial charge >= 0.3 is 0 Å². The molecule has 0 aliphatic heterocycles. The molecule has 41 heavy (non-hydrogen) atoms. The lowest BCUT2D eigenvalue weighted by molar-refractivity contribution is 0.101. The van der Waals surface area contributed by atoms with Gasteiger partial charge in [-0.1, -0.05) is 23.2 Å². The van der Waals surface area contributed by atoms with Crippen molar-refractivity contribution in [3.8, 4) is 0 Å². The maximum atomic E-state index is 13.5. The number of nitrogens with one attached hydrogen (secondary N) is 4. The highest BCUT2D eigenvalue weighted by Crippen LogP contribution is 2.27. The van der Waals surface area contributed by atoms with Gasteiger partial charge in [0.25, 0.3) is 11.8 Å². The molecule has 13 heteroatoms. The summed E-state index contributed by atoms with van der Waals surface area (Å²) < 4.78 is 27.0. The molecule has 204 valence electrons. The van der Waals surface area contributed by atoms with Crippen LogP contribution >= 0.6 is 23.2 Å². The summed E-state index contributed by atoms with van der Waals surface area (Å²) in [4.78, 5) is 39.6. The number of aromatic amines is 2. The Morgan fingerprint density at radius 3 is 1.39 bits per heavy atom. The maximum Gasteiger partial charge on any atom is 0.257 e. The van der Waals surface area contributed by atoms with Crippen LogP contribution in [-0.4, -0.2) is 40.2 Å². The Kier molecular flexibility index (Phi) is 6.70. The highest BCUT2D eigenvalue weighted by molar-refractivity contribution is 7.91. The fourth-order valence-corrected chi connectivity index (χ4v) is 5.69. The van der Waals surface area contributed by atoms with E-state index in [1.54, 1.807) is 60.7 Å². The van der Waals surface area contributed by atoms with Crippen molar-refractivity contribution < 1.29 is 18.0 Å². The summed E-state index contributed by atoms with van der Waals surface area (Å²) in [5.41, 5.74) is 2.57. The topological polar surface area (TPSA) is 150 Å². The van der Waals surface area contributed by atoms with Crippen LogP contribution in [0.3, 0.4) is 0 Å². The van der Waals surface area contributed by atoms with Crippen LogP contribution in [0, 0.1) is 0 Å². The highest BCUT2D eigenvalue weighted by atomic mass is 35.5. The zero-order valence-electron chi connectivity index (χ0n) is 20.8. The second-order valence-electron chi connectivity index (χ2n) is 8.95. The molecular weight excluding hydrogens is 587 g/mol. The zero-order valence-corrected chi connectivity index (χ0v) is 23.1. The van der Waals surface area contributed by atoms with Crippen molar-refractivity contribution in [3.05, 3.63) is 106 Å². The van der Waals surface area contributed by atoms with Gasteiger partial charge < -0.3 is 9.97 Å². The van der Waals surface area contributed by atoms with E-state index in [0.29, 0.717) is 43.2 Å². The number of amides is 2. The molecule has 0 bridgehead atoms. The number of aromatic nitrogens is 4. The molecule has 0 radical (unpaired) electrons. The number of fused-ring (bicyclic) bond motifs is 2. The fraction of sp³-hybridized carbons (Fsp3) is 0. The third-order valence-corrected chi connectivity index (χ3v) is 8.46. The van der Waals surface area contributed by atoms with E-state index in [1.165, 1.54) is 24.3 Å². The SMILES string of the molecule is O=C(Nc1nc2ccc(S(=O)(=O)c3ccc4nc(NC(=O)c5ccc(Cl)cc5)[nH]c4c3)cc2[nH]1)c1ccc(Cl)cc1. The van der Waals surface area contributed by atoms with Crippen LogP contribution in [0.1, 0.15) is 20.7 Å². The average molecular weight is 605 g/mol. The third kappa shape index (κ3) is 5.38. The molecule has 2 aromatic heterocycles. The van der Waals surface area contributed by atoms with Gasteiger partial charge in [-0.25, -0.2) is 18.4 Å². The molecule has 10 nitrogen and oxygen atoms in total. The molecule has 4 aromatic carbocycles. The first kappa shape index (κ1) is 26.5. The van der Waals surface area contributed by atoms with Crippen LogP contribution in [0.5, 0.6) is 0 Å². The summed E-state index contributed by atoms with van der Waals surface area (Å²) in [6, 6.07) is 21.6. The van der Waals surface area contributed by atoms with E-state index in [9.17, 15) is 18.0 Å². The van der Waals surface area contributed by atoms with Crippen LogP contribution in [0.2, 0.25) is 10.0 Å². The standard InChI is InChI=1S/C28H18Cl2N6O4S/c29-17-5-1-15(2-6-17)25(37)35-27-31-21-11-9-19(13-23(21)33-27)41(39,40)20-10-12-22-24(14-20)34-28(32-22)36-26(38)16-3-7-18(30)8-4-16/h1-14H,(H2,31,33,35,37)(H2,32,34,36,38). The molecule has 2 amide bonds. The number of rotatable bonds is 6. The van der Waals surface area contributed by atoms with Gasteiger partial charge in [0.15, 0.2) is 0 Å². The summed E-state index contributed by atoms with van der Waals surface area (Å²) in [6.45, 7) is 0. The Labute approximate surface area is 242 Å². The van der Waals surface area contributed by atoms with E-state index in [0.717, 1.165) is 0 Å². The molecule has 0 saturated heterocycles. The molecule has 0 fully saturated rings. The van der Waals surface area contributed by atoms with Crippen molar-refractivity contribution in [2.75, 3.05) is 10.6 Å². The minimum absolute atomic E-state index is 0.0272. The van der Waals surface area contributed by atoms with Crippen molar-refractivity contribution >= 4 is 78.8 Å². The second-order valence-corrected chi connectivity index (χ2v) is 11.8. The quantitative estimate of drug-likeness (QED) is 0.181. The summed E-state index contributed by atoms with van der Waals surface area (Å²) in [5.74, 6) is -0.460. The molecule has 2 heterocycles. The van der Waals surface area contributed by atoms with Crippen LogP contribution in [0.15, 0.2) is 94.7 Å². The first-order valence-corrected chi connectivity index (χ1v) is 14.3. The number of H-pyrrole nitrogens is 2. The lowest BCUT2D eigenvalue weighted by Gasteiger charge is -2.05. The van der Waals surface area contributed by atoms with Crippen molar-refractivity contribution in [2.24, 2.45) is 0 Å². The number of hydrogen-bond acceptors (Lipinski definition) is 6. The van der Waals surface area contributed by atoms with E-state index < -0.39 is 21.7 Å². The monoisotopic (exact) mass is 604 g/mol. The second kappa shape index (κ2) is 10.4. The van der Waals surface area contributed by atoms with Gasteiger partial charge in [-0.15, -0.1) is 0 Å². The number of carbonyl (C=O) groups excluding carboxylic acids is 2. The van der Waals surface area contributed by atoms with E-state index in [-0.39, 0.29) is 21.7 Å². The molecule has 0 spiro atoms. The van der Waals surface area contributed by atoms with Crippen LogP contribution in [-0.2, 0) is 9.84 Å². The van der Waals surface area contributed by atoms with Gasteiger partial charge in [-0.2, -0.15) is 0 Å². The first-order valence-electron chi connectivity index (χ1n) is 12.0. The largest absolute Gasteiger partial charge is 0.324 e. The Morgan fingerprint density at radius 2 is 1.00 bits per heavy atom. The number of benzene rings is 4. The minimum Gasteiger partial charge on any atom is -0.324 e. The highest BCUT2D eigenvalue weighted by Gasteiger charge is 2.21. The molecule has 6 aromatic rings. The van der Waals surface area contributed by atoms with Gasteiger partial charge in [-0.05, 0) is 84.9 Å². The summed E-state index contributed by atoms with van der Waals surface area (Å²) in [6.07, 6.45) is 0.